The van der Waals surface area contributed by atoms with Crippen LogP contribution in [-0.4, -0.2) is 47.4 Å². The van der Waals surface area contributed by atoms with Crippen molar-refractivity contribution in [2.75, 3.05) is 13.1 Å². The Hall–Kier alpha value is -1.76. The van der Waals surface area contributed by atoms with Crippen molar-refractivity contribution >= 4 is 11.9 Å². The highest BCUT2D eigenvalue weighted by Gasteiger charge is 2.28. The van der Waals surface area contributed by atoms with Crippen molar-refractivity contribution in [3.63, 3.8) is 0 Å². The number of carbonyl (C=O) groups is 2. The molecule has 110 valence electrons. The van der Waals surface area contributed by atoms with Gasteiger partial charge >= 0.3 is 11.9 Å². The van der Waals surface area contributed by atoms with Crippen LogP contribution in [0.4, 0.5) is 0 Å². The van der Waals surface area contributed by atoms with Crippen LogP contribution in [0, 0.1) is 0 Å². The van der Waals surface area contributed by atoms with E-state index >= 15 is 0 Å². The zero-order chi connectivity index (χ0) is 15.1. The van der Waals surface area contributed by atoms with E-state index in [-0.39, 0.29) is 12.2 Å². The van der Waals surface area contributed by atoms with Crippen molar-refractivity contribution in [2.24, 2.45) is 0 Å². The molecule has 0 saturated carbocycles. The van der Waals surface area contributed by atoms with E-state index in [0.29, 0.717) is 24.2 Å². The summed E-state index contributed by atoms with van der Waals surface area (Å²) in [6.45, 7) is 4.50. The summed E-state index contributed by atoms with van der Waals surface area (Å²) in [5.74, 6) is -1.10. The topological polar surface area (TPSA) is 95.9 Å². The average molecular weight is 281 g/mol. The quantitative estimate of drug-likeness (QED) is 0.544. The zero-order valence-corrected chi connectivity index (χ0v) is 11.5. The summed E-state index contributed by atoms with van der Waals surface area (Å²) < 4.78 is 4.35. The third-order valence-corrected chi connectivity index (χ3v) is 2.43. The molecule has 20 heavy (non-hydrogen) atoms. The first-order valence-electron chi connectivity index (χ1n) is 6.34. The molecule has 1 aromatic carbocycles. The van der Waals surface area contributed by atoms with E-state index in [0.717, 1.165) is 0 Å². The van der Waals surface area contributed by atoms with Gasteiger partial charge in [-0.1, -0.05) is 12.1 Å². The van der Waals surface area contributed by atoms with Gasteiger partial charge in [0.2, 0.25) is 0 Å². The molecule has 3 N–H and O–H groups in total. The van der Waals surface area contributed by atoms with Gasteiger partial charge in [0.25, 0.3) is 0 Å². The van der Waals surface area contributed by atoms with Gasteiger partial charge in [0.15, 0.2) is 0 Å². The summed E-state index contributed by atoms with van der Waals surface area (Å²) in [5, 5.41) is 20.3. The molecule has 0 aromatic heterocycles. The predicted molar refractivity (Wildman–Crippen MR) is 72.4 cm³/mol. The number of benzene rings is 1. The number of aliphatic hydroxyl groups excluding tert-OH is 2. The number of aliphatic hydroxyl groups is 2. The predicted octanol–water partition coefficient (Wildman–Crippen LogP) is 0.335. The van der Waals surface area contributed by atoms with Gasteiger partial charge in [-0.15, -0.1) is 0 Å². The molecule has 1 aromatic rings. The Morgan fingerprint density at radius 3 is 1.75 bits per heavy atom. The Morgan fingerprint density at radius 2 is 1.40 bits per heavy atom. The van der Waals surface area contributed by atoms with Crippen LogP contribution < -0.4 is 5.32 Å². The van der Waals surface area contributed by atoms with Crippen LogP contribution in [0.15, 0.2) is 24.3 Å². The minimum Gasteiger partial charge on any atom is -0.392 e. The highest BCUT2D eigenvalue weighted by atomic mass is 16.6. The van der Waals surface area contributed by atoms with E-state index in [4.69, 9.17) is 10.2 Å². The molecule has 0 amide bonds. The van der Waals surface area contributed by atoms with Crippen molar-refractivity contribution < 1.29 is 24.5 Å². The first-order chi connectivity index (χ1) is 9.41. The fourth-order valence-electron chi connectivity index (χ4n) is 1.53. The molecule has 2 unspecified atom stereocenters. The maximum atomic E-state index is 10.8. The summed E-state index contributed by atoms with van der Waals surface area (Å²) >= 11 is 0. The summed E-state index contributed by atoms with van der Waals surface area (Å²) in [7, 11) is 0. The standard InChI is InChI=1S/C8H4O3.C6H15NO2/c9-7-5-3-1-2-4-6(5)8(10)11-7;1-5(8)3-7-4-6(2)9/h1-4H;5-9H,3-4H2,1-2H3. The molecule has 6 nitrogen and oxygen atoms in total. The number of cyclic esters (lactones) is 2. The number of rotatable bonds is 4. The minimum absolute atomic E-state index is 0.330. The molecule has 6 heteroatoms. The second kappa shape index (κ2) is 7.74. The summed E-state index contributed by atoms with van der Waals surface area (Å²) in [5.41, 5.74) is 0.718. The molecule has 0 spiro atoms. The van der Waals surface area contributed by atoms with Crippen LogP contribution in [0.5, 0.6) is 0 Å². The Bertz CT molecular complexity index is 429. The highest BCUT2D eigenvalue weighted by molar-refractivity contribution is 6.14. The van der Waals surface area contributed by atoms with Gasteiger partial charge < -0.3 is 20.3 Å². The van der Waals surface area contributed by atoms with E-state index in [9.17, 15) is 9.59 Å². The monoisotopic (exact) mass is 281 g/mol. The second-order valence-corrected chi connectivity index (χ2v) is 4.58. The lowest BCUT2D eigenvalue weighted by Crippen LogP contribution is -2.30. The fourth-order valence-corrected chi connectivity index (χ4v) is 1.53. The number of hydrogen-bond donors (Lipinski definition) is 3. The molecule has 0 fully saturated rings. The molecule has 0 saturated heterocycles. The molecule has 1 aliphatic rings. The normalized spacial score (nSPS) is 15.8. The van der Waals surface area contributed by atoms with Crippen LogP contribution >= 0.6 is 0 Å². The smallest absolute Gasteiger partial charge is 0.346 e. The molecule has 2 rings (SSSR count). The van der Waals surface area contributed by atoms with E-state index in [2.05, 4.69) is 10.1 Å². The van der Waals surface area contributed by atoms with E-state index in [1.54, 1.807) is 38.1 Å². The number of fused-ring (bicyclic) bond motifs is 1. The molecular weight excluding hydrogens is 262 g/mol. The Labute approximate surface area is 117 Å². The minimum atomic E-state index is -0.550. The van der Waals surface area contributed by atoms with E-state index < -0.39 is 11.9 Å². The maximum Gasteiger partial charge on any atom is 0.346 e. The Kier molecular flexibility index (Phi) is 6.30. The second-order valence-electron chi connectivity index (χ2n) is 4.58. The summed E-state index contributed by atoms with van der Waals surface area (Å²) in [6, 6.07) is 6.53. The number of ether oxygens (including phenoxy) is 1. The summed E-state index contributed by atoms with van der Waals surface area (Å²) in [4.78, 5) is 21.7. The Morgan fingerprint density at radius 1 is 1.00 bits per heavy atom. The van der Waals surface area contributed by atoms with Crippen molar-refractivity contribution in [3.05, 3.63) is 35.4 Å². The molecule has 1 heterocycles. The molecular formula is C14H19NO5. The van der Waals surface area contributed by atoms with Crippen molar-refractivity contribution in [1.82, 2.24) is 5.32 Å². The van der Waals surface area contributed by atoms with Crippen LogP contribution in [-0.2, 0) is 4.74 Å². The number of carbonyl (C=O) groups excluding carboxylic acids is 2. The third kappa shape index (κ3) is 5.08. The van der Waals surface area contributed by atoms with Crippen molar-refractivity contribution in [3.8, 4) is 0 Å². The van der Waals surface area contributed by atoms with E-state index in [1.165, 1.54) is 0 Å². The maximum absolute atomic E-state index is 10.8. The highest BCUT2D eigenvalue weighted by Crippen LogP contribution is 2.18. The lowest BCUT2D eigenvalue weighted by atomic mass is 10.1. The van der Waals surface area contributed by atoms with Crippen molar-refractivity contribution in [1.29, 1.82) is 0 Å². The van der Waals surface area contributed by atoms with Gasteiger partial charge in [0.05, 0.1) is 23.3 Å². The summed E-state index contributed by atoms with van der Waals surface area (Å²) in [6.07, 6.45) is -0.660. The fraction of sp³-hybridized carbons (Fsp3) is 0.429. The first kappa shape index (κ1) is 16.3. The molecule has 0 aliphatic carbocycles. The lowest BCUT2D eigenvalue weighted by molar-refractivity contribution is 0.0443. The van der Waals surface area contributed by atoms with Gasteiger partial charge in [0, 0.05) is 13.1 Å². The molecule has 0 bridgehead atoms. The molecule has 1 aliphatic heterocycles. The number of nitrogens with one attached hydrogen (secondary N) is 1. The largest absolute Gasteiger partial charge is 0.392 e. The Balaban J connectivity index is 0.000000206. The average Bonchev–Trinajstić information content (AvgIpc) is 2.66. The van der Waals surface area contributed by atoms with Crippen LogP contribution in [0.25, 0.3) is 0 Å². The number of esters is 2. The van der Waals surface area contributed by atoms with Crippen LogP contribution in [0.2, 0.25) is 0 Å². The first-order valence-corrected chi connectivity index (χ1v) is 6.34. The van der Waals surface area contributed by atoms with Gasteiger partial charge in [-0.3, -0.25) is 0 Å². The van der Waals surface area contributed by atoms with Gasteiger partial charge in [0.1, 0.15) is 0 Å². The van der Waals surface area contributed by atoms with Crippen LogP contribution in [0.1, 0.15) is 34.6 Å². The van der Waals surface area contributed by atoms with Crippen LogP contribution in [0.3, 0.4) is 0 Å². The number of hydrogen-bond acceptors (Lipinski definition) is 6. The van der Waals surface area contributed by atoms with Gasteiger partial charge in [-0.25, -0.2) is 9.59 Å². The van der Waals surface area contributed by atoms with E-state index in [1.807, 2.05) is 0 Å². The molecule has 2 atom stereocenters. The lowest BCUT2D eigenvalue weighted by Gasteiger charge is -2.07. The molecule has 0 radical (unpaired) electrons. The zero-order valence-electron chi connectivity index (χ0n) is 11.5. The SMILES string of the molecule is CC(O)CNCC(C)O.O=C1OC(=O)c2ccccc21. The van der Waals surface area contributed by atoms with Gasteiger partial charge in [-0.05, 0) is 26.0 Å². The third-order valence-electron chi connectivity index (χ3n) is 2.43. The van der Waals surface area contributed by atoms with Gasteiger partial charge in [-0.2, -0.15) is 0 Å². The van der Waals surface area contributed by atoms with Crippen molar-refractivity contribution in [2.45, 2.75) is 26.1 Å².